The van der Waals surface area contributed by atoms with E-state index in [0.717, 1.165) is 75.5 Å². The van der Waals surface area contributed by atoms with Crippen LogP contribution in [0, 0.1) is 0 Å². The molecule has 2 fully saturated rings. The Kier molecular flexibility index (Phi) is 6.44. The van der Waals surface area contributed by atoms with Gasteiger partial charge in [-0.15, -0.1) is 0 Å². The minimum Gasteiger partial charge on any atom is -0.492 e. The van der Waals surface area contributed by atoms with Crippen molar-refractivity contribution in [1.82, 2.24) is 14.9 Å². The van der Waals surface area contributed by atoms with Gasteiger partial charge in [-0.25, -0.2) is 10.0 Å². The molecule has 1 unspecified atom stereocenters. The number of hydrogen-bond acceptors (Lipinski definition) is 8. The molecule has 4 aliphatic heterocycles. The summed E-state index contributed by atoms with van der Waals surface area (Å²) >= 11 is 0. The average Bonchev–Trinajstić information content (AvgIpc) is 3.33. The normalized spacial score (nSPS) is 23.5. The highest BCUT2D eigenvalue weighted by atomic mass is 16.5. The quantitative estimate of drug-likeness (QED) is 0.436. The first-order valence-electron chi connectivity index (χ1n) is 13.2. The number of ether oxygens (including phenoxy) is 3. The fourth-order valence-electron chi connectivity index (χ4n) is 5.81. The number of benzene rings is 2. The summed E-state index contributed by atoms with van der Waals surface area (Å²) in [5, 5.41) is 4.85. The number of morpholine rings is 1. The number of hydrogen-bond donors (Lipinski definition) is 0. The van der Waals surface area contributed by atoms with E-state index in [9.17, 15) is 4.79 Å². The van der Waals surface area contributed by atoms with Crippen molar-refractivity contribution < 1.29 is 19.0 Å². The first-order valence-corrected chi connectivity index (χ1v) is 13.2. The van der Waals surface area contributed by atoms with Gasteiger partial charge in [0.2, 0.25) is 0 Å². The number of nitrogens with zero attached hydrogens (tertiary/aromatic N) is 4. The second-order valence-corrected chi connectivity index (χ2v) is 10.7. The van der Waals surface area contributed by atoms with Crippen molar-refractivity contribution in [3.8, 4) is 11.5 Å². The van der Waals surface area contributed by atoms with Gasteiger partial charge in [0, 0.05) is 49.1 Å². The summed E-state index contributed by atoms with van der Waals surface area (Å²) in [6.07, 6.45) is 2.33. The maximum Gasteiger partial charge on any atom is 0.159 e. The van der Waals surface area contributed by atoms with Crippen LogP contribution in [0.15, 0.2) is 54.1 Å². The predicted molar refractivity (Wildman–Crippen MR) is 142 cm³/mol. The van der Waals surface area contributed by atoms with Crippen LogP contribution < -0.4 is 14.4 Å². The van der Waals surface area contributed by atoms with Crippen LogP contribution in [0.4, 0.5) is 5.69 Å². The second kappa shape index (κ2) is 9.76. The van der Waals surface area contributed by atoms with Crippen LogP contribution in [0.5, 0.6) is 11.5 Å². The number of fused-ring (bicyclic) bond motifs is 5. The number of ketones is 1. The lowest BCUT2D eigenvalue weighted by Gasteiger charge is -2.48. The summed E-state index contributed by atoms with van der Waals surface area (Å²) < 4.78 is 18.1. The molecule has 6 rings (SSSR count). The lowest BCUT2D eigenvalue weighted by atomic mass is 9.82. The highest BCUT2D eigenvalue weighted by Crippen LogP contribution is 2.50. The third-order valence-electron chi connectivity index (χ3n) is 7.89. The molecule has 2 saturated heterocycles. The van der Waals surface area contributed by atoms with Crippen molar-refractivity contribution in [2.24, 2.45) is 0 Å². The Morgan fingerprint density at radius 2 is 1.86 bits per heavy atom. The van der Waals surface area contributed by atoms with Crippen LogP contribution in [0.25, 0.3) is 0 Å². The number of carbonyl (C=O) groups excluding carboxylic acids is 1. The standard InChI is InChI=1S/C29H36N4O4/c1-21(34)22-4-6-23(7-5-22)31-19-32-11-10-26-28(33(32)20-31)25-9-8-24(18-27(25)37-29(26,2)3)36-17-14-30-12-15-35-16-13-30/h4-10,18,28H,11-17,19-20H2,1-3H3. The third kappa shape index (κ3) is 4.75. The first-order chi connectivity index (χ1) is 17.9. The topological polar surface area (TPSA) is 57.7 Å². The van der Waals surface area contributed by atoms with E-state index in [1.807, 2.05) is 24.3 Å². The first kappa shape index (κ1) is 24.4. The molecule has 0 N–H and O–H groups in total. The molecule has 0 bridgehead atoms. The number of Topliss-reactive ketones (excluding diaryl/α,β-unsaturated/α-hetero) is 1. The van der Waals surface area contributed by atoms with Crippen LogP contribution in [0.2, 0.25) is 0 Å². The van der Waals surface area contributed by atoms with Crippen LogP contribution >= 0.6 is 0 Å². The number of anilines is 1. The Labute approximate surface area is 218 Å². The molecule has 4 aliphatic rings. The Balaban J connectivity index is 1.21. The lowest BCUT2D eigenvalue weighted by molar-refractivity contribution is -0.0297. The highest BCUT2D eigenvalue weighted by Gasteiger charge is 2.47. The maximum absolute atomic E-state index is 11.7. The Morgan fingerprint density at radius 3 is 2.62 bits per heavy atom. The number of carbonyl (C=O) groups is 1. The zero-order valence-electron chi connectivity index (χ0n) is 22.0. The molecule has 1 atom stereocenters. The Morgan fingerprint density at radius 1 is 1.08 bits per heavy atom. The molecule has 0 amide bonds. The van der Waals surface area contributed by atoms with E-state index >= 15 is 0 Å². The molecule has 0 saturated carbocycles. The molecule has 0 aliphatic carbocycles. The second-order valence-electron chi connectivity index (χ2n) is 10.7. The molecular weight excluding hydrogens is 468 g/mol. The van der Waals surface area contributed by atoms with Gasteiger partial charge in [0.15, 0.2) is 5.78 Å². The number of rotatable bonds is 6. The van der Waals surface area contributed by atoms with Crippen molar-refractivity contribution in [2.75, 3.05) is 64.2 Å². The van der Waals surface area contributed by atoms with Crippen LogP contribution in [0.1, 0.15) is 42.7 Å². The van der Waals surface area contributed by atoms with Gasteiger partial charge >= 0.3 is 0 Å². The zero-order chi connectivity index (χ0) is 25.6. The SMILES string of the molecule is CC(=O)c1ccc(N2CN3CC=C4C(c5ccc(OCCN6CCOCC6)cc5OC4(C)C)N3C2)cc1. The van der Waals surface area contributed by atoms with Crippen molar-refractivity contribution in [3.63, 3.8) is 0 Å². The highest BCUT2D eigenvalue weighted by molar-refractivity contribution is 5.94. The molecule has 37 heavy (non-hydrogen) atoms. The lowest BCUT2D eigenvalue weighted by Crippen LogP contribution is -2.51. The van der Waals surface area contributed by atoms with E-state index < -0.39 is 5.60 Å². The van der Waals surface area contributed by atoms with Gasteiger partial charge in [-0.1, -0.05) is 6.08 Å². The van der Waals surface area contributed by atoms with Gasteiger partial charge in [-0.05, 0) is 62.7 Å². The number of hydrazine groups is 1. The molecule has 196 valence electrons. The van der Waals surface area contributed by atoms with Gasteiger partial charge in [0.25, 0.3) is 0 Å². The van der Waals surface area contributed by atoms with Gasteiger partial charge in [-0.2, -0.15) is 0 Å². The van der Waals surface area contributed by atoms with E-state index in [2.05, 4.69) is 57.9 Å². The average molecular weight is 505 g/mol. The molecule has 0 aromatic heterocycles. The smallest absolute Gasteiger partial charge is 0.159 e. The van der Waals surface area contributed by atoms with Gasteiger partial charge in [-0.3, -0.25) is 9.69 Å². The predicted octanol–water partition coefficient (Wildman–Crippen LogP) is 3.71. The van der Waals surface area contributed by atoms with Gasteiger partial charge in [0.05, 0.1) is 32.6 Å². The molecule has 8 nitrogen and oxygen atoms in total. The Bertz CT molecular complexity index is 1190. The summed E-state index contributed by atoms with van der Waals surface area (Å²) in [5.41, 5.74) is 3.92. The molecule has 4 heterocycles. The fourth-order valence-corrected chi connectivity index (χ4v) is 5.81. The molecular formula is C29H36N4O4. The van der Waals surface area contributed by atoms with Crippen molar-refractivity contribution >= 4 is 11.5 Å². The minimum absolute atomic E-state index is 0.0912. The van der Waals surface area contributed by atoms with Crippen molar-refractivity contribution in [2.45, 2.75) is 32.4 Å². The molecule has 8 heteroatoms. The maximum atomic E-state index is 11.7. The van der Waals surface area contributed by atoms with E-state index in [4.69, 9.17) is 14.2 Å². The summed E-state index contributed by atoms with van der Waals surface area (Å²) in [5.74, 6) is 1.83. The summed E-state index contributed by atoms with van der Waals surface area (Å²) in [7, 11) is 0. The molecule has 0 spiro atoms. The largest absolute Gasteiger partial charge is 0.492 e. The van der Waals surface area contributed by atoms with Crippen molar-refractivity contribution in [1.29, 1.82) is 0 Å². The van der Waals surface area contributed by atoms with E-state index in [-0.39, 0.29) is 11.8 Å². The Hall–Kier alpha value is -2.91. The minimum atomic E-state index is -0.410. The molecule has 2 aromatic rings. The summed E-state index contributed by atoms with van der Waals surface area (Å²) in [6.45, 7) is 13.4. The summed E-state index contributed by atoms with van der Waals surface area (Å²) in [6, 6.07) is 14.3. The van der Waals surface area contributed by atoms with E-state index in [0.29, 0.717) is 6.61 Å². The van der Waals surface area contributed by atoms with Crippen LogP contribution in [-0.4, -0.2) is 85.6 Å². The molecule has 2 aromatic carbocycles. The fraction of sp³-hybridized carbons (Fsp3) is 0.483. The van der Waals surface area contributed by atoms with Crippen LogP contribution in [0.3, 0.4) is 0 Å². The monoisotopic (exact) mass is 504 g/mol. The third-order valence-corrected chi connectivity index (χ3v) is 7.89. The van der Waals surface area contributed by atoms with Crippen molar-refractivity contribution in [3.05, 3.63) is 65.2 Å². The van der Waals surface area contributed by atoms with Crippen LogP contribution in [-0.2, 0) is 4.74 Å². The van der Waals surface area contributed by atoms with E-state index in [1.165, 1.54) is 11.1 Å². The van der Waals surface area contributed by atoms with E-state index in [1.54, 1.807) is 6.92 Å². The van der Waals surface area contributed by atoms with Gasteiger partial charge in [0.1, 0.15) is 23.7 Å². The molecule has 0 radical (unpaired) electrons. The zero-order valence-corrected chi connectivity index (χ0v) is 22.0. The van der Waals surface area contributed by atoms with Gasteiger partial charge < -0.3 is 19.1 Å². The summed E-state index contributed by atoms with van der Waals surface area (Å²) in [4.78, 5) is 16.4.